The molecule has 1 N–H and O–H groups in total. The average molecular weight is 244 g/mol. The van der Waals surface area contributed by atoms with Crippen LogP contribution in [0, 0.1) is 5.92 Å². The molecular formula is C12H15Cl2N. The largest absolute Gasteiger partial charge is 0.317 e. The third-order valence-electron chi connectivity index (χ3n) is 2.94. The van der Waals surface area contributed by atoms with Crippen LogP contribution in [-0.2, 0) is 0 Å². The predicted molar refractivity (Wildman–Crippen MR) is 65.9 cm³/mol. The van der Waals surface area contributed by atoms with Crippen molar-refractivity contribution in [1.82, 2.24) is 5.32 Å². The molecule has 2 rings (SSSR count). The van der Waals surface area contributed by atoms with Gasteiger partial charge in [0.05, 0.1) is 0 Å². The van der Waals surface area contributed by atoms with Crippen LogP contribution in [-0.4, -0.2) is 13.1 Å². The number of rotatable bonds is 4. The second kappa shape index (κ2) is 4.73. The molecule has 0 saturated heterocycles. The molecule has 1 fully saturated rings. The molecule has 0 spiro atoms. The zero-order valence-electron chi connectivity index (χ0n) is 8.76. The van der Waals surface area contributed by atoms with Crippen molar-refractivity contribution < 1.29 is 0 Å². The van der Waals surface area contributed by atoms with E-state index in [1.54, 1.807) is 0 Å². The minimum absolute atomic E-state index is 0.607. The Balaban J connectivity index is 2.03. The summed E-state index contributed by atoms with van der Waals surface area (Å²) in [5, 5.41) is 5.00. The van der Waals surface area contributed by atoms with E-state index in [4.69, 9.17) is 23.2 Å². The summed E-state index contributed by atoms with van der Waals surface area (Å²) in [4.78, 5) is 0. The fourth-order valence-corrected chi connectivity index (χ4v) is 2.42. The van der Waals surface area contributed by atoms with Gasteiger partial charge in [-0.2, -0.15) is 0 Å². The highest BCUT2D eigenvalue weighted by Gasteiger charge is 2.38. The smallest absolute Gasteiger partial charge is 0.0441 e. The van der Waals surface area contributed by atoms with Gasteiger partial charge in [-0.15, -0.1) is 0 Å². The summed E-state index contributed by atoms with van der Waals surface area (Å²) in [5.74, 6) is 1.34. The summed E-state index contributed by atoms with van der Waals surface area (Å²) < 4.78 is 0. The highest BCUT2D eigenvalue weighted by atomic mass is 35.5. The Morgan fingerprint density at radius 1 is 1.40 bits per heavy atom. The SMILES string of the molecule is CCNCC1CC1c1cc(Cl)ccc1Cl. The van der Waals surface area contributed by atoms with Gasteiger partial charge in [0.15, 0.2) is 0 Å². The average Bonchev–Trinajstić information content (AvgIpc) is 2.98. The van der Waals surface area contributed by atoms with Crippen LogP contribution in [0.3, 0.4) is 0 Å². The van der Waals surface area contributed by atoms with Crippen molar-refractivity contribution in [3.63, 3.8) is 0 Å². The summed E-state index contributed by atoms with van der Waals surface area (Å²) in [6.07, 6.45) is 1.23. The molecule has 0 aliphatic heterocycles. The van der Waals surface area contributed by atoms with Crippen molar-refractivity contribution in [1.29, 1.82) is 0 Å². The molecule has 3 heteroatoms. The normalized spacial score (nSPS) is 24.2. The van der Waals surface area contributed by atoms with Crippen LogP contribution < -0.4 is 5.32 Å². The van der Waals surface area contributed by atoms with Gasteiger partial charge in [0, 0.05) is 10.0 Å². The van der Waals surface area contributed by atoms with E-state index in [-0.39, 0.29) is 0 Å². The van der Waals surface area contributed by atoms with Gasteiger partial charge in [-0.25, -0.2) is 0 Å². The number of hydrogen-bond donors (Lipinski definition) is 1. The van der Waals surface area contributed by atoms with Crippen molar-refractivity contribution in [3.8, 4) is 0 Å². The maximum absolute atomic E-state index is 6.15. The lowest BCUT2D eigenvalue weighted by molar-refractivity contribution is 0.649. The molecule has 1 aliphatic rings. The Morgan fingerprint density at radius 2 is 2.20 bits per heavy atom. The summed E-state index contributed by atoms with van der Waals surface area (Å²) in [6.45, 7) is 4.25. The third kappa shape index (κ3) is 2.66. The molecule has 82 valence electrons. The van der Waals surface area contributed by atoms with Gasteiger partial charge < -0.3 is 5.32 Å². The van der Waals surface area contributed by atoms with Crippen LogP contribution in [0.15, 0.2) is 18.2 Å². The third-order valence-corrected chi connectivity index (χ3v) is 3.52. The maximum Gasteiger partial charge on any atom is 0.0441 e. The van der Waals surface area contributed by atoms with Crippen LogP contribution in [0.4, 0.5) is 0 Å². The minimum atomic E-state index is 0.607. The molecule has 0 radical (unpaired) electrons. The molecule has 0 heterocycles. The summed E-state index contributed by atoms with van der Waals surface area (Å²) in [6, 6.07) is 5.73. The molecule has 0 amide bonds. The van der Waals surface area contributed by atoms with E-state index in [1.807, 2.05) is 18.2 Å². The second-order valence-electron chi connectivity index (χ2n) is 4.08. The lowest BCUT2D eigenvalue weighted by Gasteiger charge is -2.04. The molecule has 1 nitrogen and oxygen atoms in total. The van der Waals surface area contributed by atoms with Crippen molar-refractivity contribution in [2.75, 3.05) is 13.1 Å². The molecular weight excluding hydrogens is 229 g/mol. The van der Waals surface area contributed by atoms with E-state index in [0.29, 0.717) is 5.92 Å². The summed E-state index contributed by atoms with van der Waals surface area (Å²) in [7, 11) is 0. The zero-order chi connectivity index (χ0) is 10.8. The fraction of sp³-hybridized carbons (Fsp3) is 0.500. The van der Waals surface area contributed by atoms with Gasteiger partial charge in [-0.1, -0.05) is 30.1 Å². The first-order chi connectivity index (χ1) is 7.22. The molecule has 1 aromatic carbocycles. The number of nitrogens with one attached hydrogen (secondary N) is 1. The van der Waals surface area contributed by atoms with Crippen molar-refractivity contribution in [3.05, 3.63) is 33.8 Å². The lowest BCUT2D eigenvalue weighted by atomic mass is 10.1. The van der Waals surface area contributed by atoms with Crippen LogP contribution >= 0.6 is 23.2 Å². The Hall–Kier alpha value is -0.240. The molecule has 15 heavy (non-hydrogen) atoms. The predicted octanol–water partition coefficient (Wildman–Crippen LogP) is 3.71. The molecule has 0 bridgehead atoms. The van der Waals surface area contributed by atoms with Gasteiger partial charge in [-0.3, -0.25) is 0 Å². The summed E-state index contributed by atoms with van der Waals surface area (Å²) >= 11 is 12.1. The van der Waals surface area contributed by atoms with Gasteiger partial charge in [0.1, 0.15) is 0 Å². The molecule has 1 saturated carbocycles. The van der Waals surface area contributed by atoms with Crippen molar-refractivity contribution in [2.24, 2.45) is 5.92 Å². The van der Waals surface area contributed by atoms with Crippen molar-refractivity contribution in [2.45, 2.75) is 19.3 Å². The lowest BCUT2D eigenvalue weighted by Crippen LogP contribution is -2.16. The van der Waals surface area contributed by atoms with Crippen LogP contribution in [0.25, 0.3) is 0 Å². The van der Waals surface area contributed by atoms with Gasteiger partial charge in [0.2, 0.25) is 0 Å². The molecule has 2 atom stereocenters. The number of benzene rings is 1. The van der Waals surface area contributed by atoms with E-state index < -0.39 is 0 Å². The first-order valence-corrected chi connectivity index (χ1v) is 6.13. The molecule has 2 unspecified atom stereocenters. The quantitative estimate of drug-likeness (QED) is 0.851. The van der Waals surface area contributed by atoms with Crippen LogP contribution in [0.2, 0.25) is 10.0 Å². The van der Waals surface area contributed by atoms with Crippen LogP contribution in [0.5, 0.6) is 0 Å². The van der Waals surface area contributed by atoms with E-state index in [2.05, 4.69) is 12.2 Å². The van der Waals surface area contributed by atoms with Crippen LogP contribution in [0.1, 0.15) is 24.8 Å². The zero-order valence-corrected chi connectivity index (χ0v) is 10.3. The Morgan fingerprint density at radius 3 is 2.93 bits per heavy atom. The summed E-state index contributed by atoms with van der Waals surface area (Å²) in [5.41, 5.74) is 1.21. The fourth-order valence-electron chi connectivity index (χ4n) is 1.98. The molecule has 1 aliphatic carbocycles. The highest BCUT2D eigenvalue weighted by Crippen LogP contribution is 2.49. The van der Waals surface area contributed by atoms with E-state index in [9.17, 15) is 0 Å². The van der Waals surface area contributed by atoms with Gasteiger partial charge in [0.25, 0.3) is 0 Å². The Bertz CT molecular complexity index is 351. The van der Waals surface area contributed by atoms with E-state index in [0.717, 1.165) is 29.1 Å². The monoisotopic (exact) mass is 243 g/mol. The Labute approximate surface area is 101 Å². The van der Waals surface area contributed by atoms with Crippen molar-refractivity contribution >= 4 is 23.2 Å². The molecule has 1 aromatic rings. The highest BCUT2D eigenvalue weighted by molar-refractivity contribution is 6.33. The maximum atomic E-state index is 6.15. The van der Waals surface area contributed by atoms with E-state index >= 15 is 0 Å². The first-order valence-electron chi connectivity index (χ1n) is 5.38. The van der Waals surface area contributed by atoms with E-state index in [1.165, 1.54) is 12.0 Å². The van der Waals surface area contributed by atoms with Gasteiger partial charge in [-0.05, 0) is 55.1 Å². The minimum Gasteiger partial charge on any atom is -0.317 e. The molecule has 0 aromatic heterocycles. The Kier molecular flexibility index (Phi) is 3.55. The van der Waals surface area contributed by atoms with Gasteiger partial charge >= 0.3 is 0 Å². The number of hydrogen-bond acceptors (Lipinski definition) is 1. The first kappa shape index (κ1) is 11.3. The number of halogens is 2. The standard InChI is InChI=1S/C12H15Cl2N/c1-2-15-7-8-5-10(8)11-6-9(13)3-4-12(11)14/h3-4,6,8,10,15H,2,5,7H2,1H3. The second-order valence-corrected chi connectivity index (χ2v) is 4.92. The topological polar surface area (TPSA) is 12.0 Å².